The van der Waals surface area contributed by atoms with Gasteiger partial charge in [-0.15, -0.1) is 11.6 Å². The molecule has 1 fully saturated rings. The van der Waals surface area contributed by atoms with Gasteiger partial charge in [0.25, 0.3) is 0 Å². The van der Waals surface area contributed by atoms with E-state index in [1.165, 1.54) is 0 Å². The average Bonchev–Trinajstić information content (AvgIpc) is 2.09. The lowest BCUT2D eigenvalue weighted by atomic mass is 9.76. The zero-order valence-electron chi connectivity index (χ0n) is 9.85. The summed E-state index contributed by atoms with van der Waals surface area (Å²) in [6, 6.07) is 0. The minimum Gasteiger partial charge on any atom is -0.388 e. The van der Waals surface area contributed by atoms with Gasteiger partial charge in [-0.05, 0) is 12.8 Å². The van der Waals surface area contributed by atoms with E-state index >= 15 is 0 Å². The van der Waals surface area contributed by atoms with Crippen LogP contribution in [0.15, 0.2) is 0 Å². The number of carbonyl (C=O) groups is 1. The zero-order chi connectivity index (χ0) is 11.7. The van der Waals surface area contributed by atoms with E-state index in [1.54, 1.807) is 0 Å². The van der Waals surface area contributed by atoms with Crippen LogP contribution < -0.4 is 0 Å². The van der Waals surface area contributed by atoms with Crippen LogP contribution in [-0.2, 0) is 4.79 Å². The molecule has 0 radical (unpaired) electrons. The molecule has 0 amide bonds. The topological polar surface area (TPSA) is 37.3 Å². The number of hydrogen-bond donors (Lipinski definition) is 1. The van der Waals surface area contributed by atoms with Crippen molar-refractivity contribution >= 4 is 17.4 Å². The summed E-state index contributed by atoms with van der Waals surface area (Å²) in [5, 5.41) is 10.1. The first-order chi connectivity index (χ1) is 6.76. The van der Waals surface area contributed by atoms with Gasteiger partial charge >= 0.3 is 0 Å². The van der Waals surface area contributed by atoms with Crippen LogP contribution in [0.1, 0.15) is 52.9 Å². The molecule has 15 heavy (non-hydrogen) atoms. The molecule has 1 aliphatic carbocycles. The van der Waals surface area contributed by atoms with Crippen LogP contribution in [0.2, 0.25) is 0 Å². The Morgan fingerprint density at radius 1 is 1.47 bits per heavy atom. The SMILES string of the molecule is CC(C)(C)C(=O)C[C@@]1(O)CCCC[C@@H]1Cl. The van der Waals surface area contributed by atoms with Crippen molar-refractivity contribution in [3.63, 3.8) is 0 Å². The van der Waals surface area contributed by atoms with Crippen LogP contribution in [0.25, 0.3) is 0 Å². The largest absolute Gasteiger partial charge is 0.388 e. The molecule has 1 rings (SSSR count). The Morgan fingerprint density at radius 2 is 2.07 bits per heavy atom. The number of ketones is 1. The quantitative estimate of drug-likeness (QED) is 0.744. The maximum Gasteiger partial charge on any atom is 0.141 e. The molecule has 0 spiro atoms. The van der Waals surface area contributed by atoms with Gasteiger partial charge < -0.3 is 5.11 Å². The van der Waals surface area contributed by atoms with Crippen molar-refractivity contribution in [2.75, 3.05) is 0 Å². The minimum atomic E-state index is -0.968. The summed E-state index contributed by atoms with van der Waals surface area (Å²) in [5.74, 6) is 0.0950. The van der Waals surface area contributed by atoms with Crippen molar-refractivity contribution < 1.29 is 9.90 Å². The van der Waals surface area contributed by atoms with Crippen molar-refractivity contribution in [2.24, 2.45) is 5.41 Å². The Balaban J connectivity index is 2.66. The molecular formula is C12H21ClO2. The molecule has 1 saturated carbocycles. The van der Waals surface area contributed by atoms with E-state index in [4.69, 9.17) is 11.6 Å². The number of alkyl halides is 1. The van der Waals surface area contributed by atoms with Crippen molar-refractivity contribution in [2.45, 2.75) is 63.9 Å². The lowest BCUT2D eigenvalue weighted by Gasteiger charge is -2.37. The zero-order valence-corrected chi connectivity index (χ0v) is 10.6. The van der Waals surface area contributed by atoms with Crippen LogP contribution in [0.3, 0.4) is 0 Å². The second kappa shape index (κ2) is 4.42. The smallest absolute Gasteiger partial charge is 0.141 e. The normalized spacial score (nSPS) is 32.7. The predicted octanol–water partition coefficient (Wildman–Crippen LogP) is 2.90. The lowest BCUT2D eigenvalue weighted by Crippen LogP contribution is -2.45. The van der Waals surface area contributed by atoms with E-state index in [1.807, 2.05) is 20.8 Å². The molecule has 1 aliphatic rings. The highest BCUT2D eigenvalue weighted by atomic mass is 35.5. The highest BCUT2D eigenvalue weighted by Crippen LogP contribution is 2.37. The Kier molecular flexibility index (Phi) is 3.83. The van der Waals surface area contributed by atoms with Gasteiger partial charge in [0.15, 0.2) is 0 Å². The molecule has 0 unspecified atom stereocenters. The van der Waals surface area contributed by atoms with Crippen molar-refractivity contribution in [1.29, 1.82) is 0 Å². The molecule has 0 aliphatic heterocycles. The molecule has 1 N–H and O–H groups in total. The maximum atomic E-state index is 11.9. The van der Waals surface area contributed by atoms with Gasteiger partial charge in [-0.2, -0.15) is 0 Å². The molecule has 88 valence electrons. The van der Waals surface area contributed by atoms with E-state index in [0.717, 1.165) is 19.3 Å². The van der Waals surface area contributed by atoms with E-state index in [2.05, 4.69) is 0 Å². The van der Waals surface area contributed by atoms with E-state index in [9.17, 15) is 9.90 Å². The molecule has 0 aromatic carbocycles. The number of hydrogen-bond acceptors (Lipinski definition) is 2. The Hall–Kier alpha value is -0.0800. The molecule has 3 heteroatoms. The van der Waals surface area contributed by atoms with Gasteiger partial charge in [0, 0.05) is 11.8 Å². The molecular weight excluding hydrogens is 212 g/mol. The summed E-state index contributed by atoms with van der Waals surface area (Å²) in [5.41, 5.74) is -1.35. The van der Waals surface area contributed by atoms with Gasteiger partial charge in [0.05, 0.1) is 11.0 Å². The van der Waals surface area contributed by atoms with Crippen molar-refractivity contribution in [1.82, 2.24) is 0 Å². The molecule has 2 atom stereocenters. The summed E-state index contributed by atoms with van der Waals surface area (Å²) in [6.45, 7) is 5.64. The summed E-state index contributed by atoms with van der Waals surface area (Å²) in [6.07, 6.45) is 3.69. The van der Waals surface area contributed by atoms with Crippen LogP contribution >= 0.6 is 11.6 Å². The van der Waals surface area contributed by atoms with Gasteiger partial charge in [0.1, 0.15) is 5.78 Å². The van der Waals surface area contributed by atoms with Gasteiger partial charge in [-0.3, -0.25) is 4.79 Å². The Bertz CT molecular complexity index is 244. The van der Waals surface area contributed by atoms with E-state index in [-0.39, 0.29) is 23.0 Å². The number of rotatable bonds is 2. The van der Waals surface area contributed by atoms with Crippen LogP contribution in [-0.4, -0.2) is 21.9 Å². The minimum absolute atomic E-state index is 0.0950. The van der Waals surface area contributed by atoms with Crippen LogP contribution in [0.4, 0.5) is 0 Å². The fourth-order valence-electron chi connectivity index (χ4n) is 1.92. The lowest BCUT2D eigenvalue weighted by molar-refractivity contribution is -0.132. The molecule has 2 nitrogen and oxygen atoms in total. The standard InChI is InChI=1S/C12H21ClO2/c1-11(2,3)10(14)8-12(15)7-5-4-6-9(12)13/h9,15H,4-8H2,1-3H3/t9-,12-/m0/s1. The predicted molar refractivity (Wildman–Crippen MR) is 62.1 cm³/mol. The molecule has 0 bridgehead atoms. The van der Waals surface area contributed by atoms with E-state index in [0.29, 0.717) is 6.42 Å². The molecule has 0 saturated heterocycles. The Labute approximate surface area is 97.0 Å². The summed E-state index contributed by atoms with van der Waals surface area (Å²) in [7, 11) is 0. The number of halogens is 1. The molecule has 0 aromatic rings. The fraction of sp³-hybridized carbons (Fsp3) is 0.917. The fourth-order valence-corrected chi connectivity index (χ4v) is 2.26. The third-order valence-electron chi connectivity index (χ3n) is 3.20. The monoisotopic (exact) mass is 232 g/mol. The van der Waals surface area contributed by atoms with Gasteiger partial charge in [0.2, 0.25) is 0 Å². The second-order valence-electron chi connectivity index (χ2n) is 5.67. The first-order valence-electron chi connectivity index (χ1n) is 5.65. The summed E-state index contributed by atoms with van der Waals surface area (Å²) in [4.78, 5) is 11.9. The second-order valence-corrected chi connectivity index (χ2v) is 6.19. The van der Waals surface area contributed by atoms with Crippen LogP contribution in [0, 0.1) is 5.41 Å². The van der Waals surface area contributed by atoms with Crippen molar-refractivity contribution in [3.8, 4) is 0 Å². The summed E-state index contributed by atoms with van der Waals surface area (Å²) < 4.78 is 0. The molecule has 0 aromatic heterocycles. The van der Waals surface area contributed by atoms with Gasteiger partial charge in [-0.25, -0.2) is 0 Å². The highest BCUT2D eigenvalue weighted by molar-refractivity contribution is 6.21. The van der Waals surface area contributed by atoms with E-state index < -0.39 is 5.60 Å². The first-order valence-corrected chi connectivity index (χ1v) is 6.09. The summed E-state index contributed by atoms with van der Waals surface area (Å²) >= 11 is 6.12. The average molecular weight is 233 g/mol. The van der Waals surface area contributed by atoms with Gasteiger partial charge in [-0.1, -0.05) is 33.6 Å². The third kappa shape index (κ3) is 3.18. The first kappa shape index (κ1) is 13.0. The molecule has 0 heterocycles. The highest BCUT2D eigenvalue weighted by Gasteiger charge is 2.41. The third-order valence-corrected chi connectivity index (χ3v) is 3.83. The number of Topliss-reactive ketones (excluding diaryl/α,β-unsaturated/α-hetero) is 1. The van der Waals surface area contributed by atoms with Crippen molar-refractivity contribution in [3.05, 3.63) is 0 Å². The number of carbonyl (C=O) groups excluding carboxylic acids is 1. The maximum absolute atomic E-state index is 11.9. The van der Waals surface area contributed by atoms with Crippen LogP contribution in [0.5, 0.6) is 0 Å². The Morgan fingerprint density at radius 3 is 2.53 bits per heavy atom. The number of aliphatic hydroxyl groups is 1.